The number of hydrogen-bond donors (Lipinski definition) is 0. The highest BCUT2D eigenvalue weighted by Gasteiger charge is 2.20. The van der Waals surface area contributed by atoms with Gasteiger partial charge in [0, 0.05) is 0 Å². The maximum atomic E-state index is 2.28. The van der Waals surface area contributed by atoms with Crippen LogP contribution < -0.4 is 0 Å². The summed E-state index contributed by atoms with van der Waals surface area (Å²) in [7, 11) is 0. The average Bonchev–Trinajstić information content (AvgIpc) is 2.70. The number of rotatable bonds is 0. The molecule has 0 N–H and O–H groups in total. The predicted octanol–water partition coefficient (Wildman–Crippen LogP) is 7.31. The zero-order valence-electron chi connectivity index (χ0n) is 14.2. The zero-order valence-corrected chi connectivity index (χ0v) is 14.2. The molecule has 2 bridgehead atoms. The molecule has 0 radical (unpaired) electrons. The van der Waals surface area contributed by atoms with Gasteiger partial charge in [-0.2, -0.15) is 0 Å². The largest absolute Gasteiger partial charge is 0.0616 e. The Balaban J connectivity index is 1.93. The maximum Gasteiger partial charge on any atom is -0.00143 e. The minimum Gasteiger partial charge on any atom is -0.0616 e. The summed E-state index contributed by atoms with van der Waals surface area (Å²) in [6.45, 7) is 0. The van der Waals surface area contributed by atoms with Crippen LogP contribution in [0.5, 0.6) is 0 Å². The van der Waals surface area contributed by atoms with Crippen LogP contribution in [-0.2, 0) is 0 Å². The van der Waals surface area contributed by atoms with Gasteiger partial charge in [-0.1, -0.05) is 97.1 Å². The molecule has 0 spiro atoms. The second-order valence-corrected chi connectivity index (χ2v) is 7.00. The highest BCUT2D eigenvalue weighted by atomic mass is 14.2. The van der Waals surface area contributed by atoms with Crippen LogP contribution in [0.1, 0.15) is 0 Å². The predicted molar refractivity (Wildman–Crippen MR) is 111 cm³/mol. The fourth-order valence-electron chi connectivity index (χ4n) is 4.39. The molecule has 0 heteroatoms. The van der Waals surface area contributed by atoms with Crippen LogP contribution in [0.2, 0.25) is 0 Å². The summed E-state index contributed by atoms with van der Waals surface area (Å²) in [4.78, 5) is 0. The summed E-state index contributed by atoms with van der Waals surface area (Å²) < 4.78 is 0. The van der Waals surface area contributed by atoms with E-state index in [0.29, 0.717) is 0 Å². The third kappa shape index (κ3) is 1.79. The SMILES string of the molecule is c1ccc2c3c(ccc2c1)-c1ccc(cc1)-c1ccc2ccccc2c1-3. The number of benzene rings is 5. The third-order valence-corrected chi connectivity index (χ3v) is 5.61. The molecule has 0 heterocycles. The highest BCUT2D eigenvalue weighted by molar-refractivity contribution is 6.15. The Bertz CT molecular complexity index is 1200. The van der Waals surface area contributed by atoms with Gasteiger partial charge in [0.25, 0.3) is 0 Å². The van der Waals surface area contributed by atoms with Crippen molar-refractivity contribution < 1.29 is 0 Å². The van der Waals surface area contributed by atoms with E-state index in [0.717, 1.165) is 0 Å². The molecule has 2 aliphatic carbocycles. The highest BCUT2D eigenvalue weighted by Crippen LogP contribution is 2.47. The number of hydrogen-bond acceptors (Lipinski definition) is 0. The molecule has 0 aromatic heterocycles. The van der Waals surface area contributed by atoms with Crippen molar-refractivity contribution in [1.82, 2.24) is 0 Å². The fraction of sp³-hybridized carbons (Fsp3) is 0. The van der Waals surface area contributed by atoms with Gasteiger partial charge in [0.2, 0.25) is 0 Å². The number of fused-ring (bicyclic) bond motifs is 4. The molecule has 5 aromatic carbocycles. The van der Waals surface area contributed by atoms with Crippen molar-refractivity contribution in [2.75, 3.05) is 0 Å². The van der Waals surface area contributed by atoms with Crippen molar-refractivity contribution >= 4 is 21.5 Å². The van der Waals surface area contributed by atoms with Gasteiger partial charge < -0.3 is 0 Å². The van der Waals surface area contributed by atoms with Crippen LogP contribution in [0.4, 0.5) is 0 Å². The fourth-order valence-corrected chi connectivity index (χ4v) is 4.39. The van der Waals surface area contributed by atoms with Crippen molar-refractivity contribution in [3.8, 4) is 33.4 Å². The molecule has 0 atom stereocenters. The van der Waals surface area contributed by atoms with Crippen molar-refractivity contribution in [2.45, 2.75) is 0 Å². The second-order valence-electron chi connectivity index (χ2n) is 7.00. The van der Waals surface area contributed by atoms with Gasteiger partial charge in [0.05, 0.1) is 0 Å². The minimum atomic E-state index is 1.29. The normalized spacial score (nSPS) is 11.8. The molecular formula is C26H16. The van der Waals surface area contributed by atoms with Gasteiger partial charge in [0.1, 0.15) is 0 Å². The van der Waals surface area contributed by atoms with Gasteiger partial charge in [-0.05, 0) is 54.9 Å². The van der Waals surface area contributed by atoms with Gasteiger partial charge in [-0.3, -0.25) is 0 Å². The Hall–Kier alpha value is -3.38. The molecule has 0 aliphatic heterocycles. The van der Waals surface area contributed by atoms with Crippen LogP contribution in [0.3, 0.4) is 0 Å². The Morgan fingerprint density at radius 2 is 0.769 bits per heavy atom. The Morgan fingerprint density at radius 1 is 0.346 bits per heavy atom. The Kier molecular flexibility index (Phi) is 2.70. The Morgan fingerprint density at radius 3 is 1.23 bits per heavy atom. The smallest absolute Gasteiger partial charge is 0.00143 e. The van der Waals surface area contributed by atoms with Crippen molar-refractivity contribution in [3.63, 3.8) is 0 Å². The molecule has 120 valence electrons. The first-order chi connectivity index (χ1) is 12.9. The van der Waals surface area contributed by atoms with E-state index < -0.39 is 0 Å². The van der Waals surface area contributed by atoms with Gasteiger partial charge in [-0.25, -0.2) is 0 Å². The maximum absolute atomic E-state index is 2.28. The monoisotopic (exact) mass is 328 g/mol. The Labute approximate surface area is 152 Å². The molecule has 5 aromatic rings. The molecule has 0 fully saturated rings. The molecule has 0 saturated heterocycles. The molecule has 0 unspecified atom stereocenters. The topological polar surface area (TPSA) is 0 Å². The van der Waals surface area contributed by atoms with Crippen LogP contribution >= 0.6 is 0 Å². The molecule has 26 heavy (non-hydrogen) atoms. The standard InChI is InChI=1S/C26H16/c1-3-7-21-17(5-1)13-15-23-19-9-11-20(12-10-19)24-16-14-18-6-2-4-8-22(18)26(24)25(21)23/h1-16H. The summed E-state index contributed by atoms with van der Waals surface area (Å²) in [5.41, 5.74) is 7.91. The van der Waals surface area contributed by atoms with E-state index in [1.54, 1.807) is 0 Å². The molecule has 2 aliphatic rings. The van der Waals surface area contributed by atoms with E-state index in [1.807, 2.05) is 0 Å². The summed E-state index contributed by atoms with van der Waals surface area (Å²) in [6.07, 6.45) is 0. The summed E-state index contributed by atoms with van der Waals surface area (Å²) in [6, 6.07) is 35.5. The van der Waals surface area contributed by atoms with E-state index in [-0.39, 0.29) is 0 Å². The second kappa shape index (κ2) is 5.06. The van der Waals surface area contributed by atoms with Gasteiger partial charge >= 0.3 is 0 Å². The molecule has 0 nitrogen and oxygen atoms in total. The van der Waals surface area contributed by atoms with E-state index in [4.69, 9.17) is 0 Å². The first-order valence-corrected chi connectivity index (χ1v) is 9.05. The van der Waals surface area contributed by atoms with Crippen LogP contribution in [-0.4, -0.2) is 0 Å². The molecule has 0 amide bonds. The quantitative estimate of drug-likeness (QED) is 0.274. The lowest BCUT2D eigenvalue weighted by atomic mass is 9.81. The van der Waals surface area contributed by atoms with E-state index in [9.17, 15) is 0 Å². The van der Waals surface area contributed by atoms with Gasteiger partial charge in [0.15, 0.2) is 0 Å². The zero-order chi connectivity index (χ0) is 17.1. The van der Waals surface area contributed by atoms with Crippen LogP contribution in [0.15, 0.2) is 97.1 Å². The lowest BCUT2D eigenvalue weighted by molar-refractivity contribution is 1.57. The first kappa shape index (κ1) is 13.9. The average molecular weight is 328 g/mol. The third-order valence-electron chi connectivity index (χ3n) is 5.61. The van der Waals surface area contributed by atoms with E-state index in [2.05, 4.69) is 97.1 Å². The molecule has 7 rings (SSSR count). The molecular weight excluding hydrogens is 312 g/mol. The van der Waals surface area contributed by atoms with E-state index >= 15 is 0 Å². The van der Waals surface area contributed by atoms with Crippen LogP contribution in [0.25, 0.3) is 54.9 Å². The lowest BCUT2D eigenvalue weighted by Gasteiger charge is -2.22. The summed E-state index contributed by atoms with van der Waals surface area (Å²) in [5.74, 6) is 0. The van der Waals surface area contributed by atoms with Gasteiger partial charge in [-0.15, -0.1) is 0 Å². The first-order valence-electron chi connectivity index (χ1n) is 9.05. The van der Waals surface area contributed by atoms with Crippen LogP contribution in [0, 0.1) is 0 Å². The lowest BCUT2D eigenvalue weighted by Crippen LogP contribution is -1.95. The summed E-state index contributed by atoms with van der Waals surface area (Å²) >= 11 is 0. The summed E-state index contributed by atoms with van der Waals surface area (Å²) in [5, 5.41) is 5.23. The van der Waals surface area contributed by atoms with E-state index in [1.165, 1.54) is 54.9 Å². The van der Waals surface area contributed by atoms with Crippen molar-refractivity contribution in [1.29, 1.82) is 0 Å². The van der Waals surface area contributed by atoms with Crippen molar-refractivity contribution in [2.24, 2.45) is 0 Å². The minimum absolute atomic E-state index is 1.29. The molecule has 0 saturated carbocycles. The van der Waals surface area contributed by atoms with Crippen molar-refractivity contribution in [3.05, 3.63) is 97.1 Å².